The number of hydrogen-bond donors (Lipinski definition) is 1. The molecular formula is C15H25NO2S. The van der Waals surface area contributed by atoms with E-state index in [2.05, 4.69) is 20.1 Å². The van der Waals surface area contributed by atoms with Gasteiger partial charge >= 0.3 is 0 Å². The van der Waals surface area contributed by atoms with Crippen molar-refractivity contribution in [3.05, 3.63) is 23.8 Å². The fraction of sp³-hybridized carbons (Fsp3) is 0.600. The van der Waals surface area contributed by atoms with Gasteiger partial charge < -0.3 is 15.2 Å². The second-order valence-electron chi connectivity index (χ2n) is 4.46. The maximum absolute atomic E-state index is 6.14. The van der Waals surface area contributed by atoms with E-state index in [-0.39, 0.29) is 6.04 Å². The zero-order valence-electron chi connectivity index (χ0n) is 12.1. The van der Waals surface area contributed by atoms with Crippen molar-refractivity contribution in [1.82, 2.24) is 0 Å². The van der Waals surface area contributed by atoms with Gasteiger partial charge in [0.1, 0.15) is 0 Å². The van der Waals surface area contributed by atoms with E-state index < -0.39 is 0 Å². The highest BCUT2D eigenvalue weighted by atomic mass is 32.2. The largest absolute Gasteiger partial charge is 0.490 e. The summed E-state index contributed by atoms with van der Waals surface area (Å²) in [5.41, 5.74) is 7.24. The molecule has 108 valence electrons. The normalized spacial score (nSPS) is 12.2. The summed E-state index contributed by atoms with van der Waals surface area (Å²) in [4.78, 5) is 0. The van der Waals surface area contributed by atoms with E-state index in [0.717, 1.165) is 35.7 Å². The monoisotopic (exact) mass is 283 g/mol. The Balaban J connectivity index is 2.86. The molecule has 0 bridgehead atoms. The van der Waals surface area contributed by atoms with Crippen LogP contribution in [0.15, 0.2) is 18.2 Å². The van der Waals surface area contributed by atoms with Crippen LogP contribution in [0.3, 0.4) is 0 Å². The lowest BCUT2D eigenvalue weighted by atomic mass is 10.1. The topological polar surface area (TPSA) is 44.5 Å². The smallest absolute Gasteiger partial charge is 0.161 e. The Bertz CT molecular complexity index is 371. The molecule has 2 N–H and O–H groups in total. The van der Waals surface area contributed by atoms with Crippen molar-refractivity contribution in [2.45, 2.75) is 32.7 Å². The molecule has 0 spiro atoms. The highest BCUT2D eigenvalue weighted by Gasteiger charge is 2.11. The Morgan fingerprint density at radius 1 is 1.11 bits per heavy atom. The summed E-state index contributed by atoms with van der Waals surface area (Å²) in [6.07, 6.45) is 4.03. The van der Waals surface area contributed by atoms with Crippen LogP contribution in [0.2, 0.25) is 0 Å². The molecule has 0 heterocycles. The summed E-state index contributed by atoms with van der Waals surface area (Å²) in [7, 11) is 0. The minimum absolute atomic E-state index is 0.0409. The van der Waals surface area contributed by atoms with E-state index in [0.29, 0.717) is 13.2 Å². The van der Waals surface area contributed by atoms with Crippen LogP contribution in [-0.2, 0) is 0 Å². The van der Waals surface area contributed by atoms with Crippen molar-refractivity contribution in [2.75, 3.05) is 25.2 Å². The molecule has 0 amide bonds. The first-order valence-electron chi connectivity index (χ1n) is 6.87. The third-order valence-corrected chi connectivity index (χ3v) is 3.36. The maximum Gasteiger partial charge on any atom is 0.161 e. The highest BCUT2D eigenvalue weighted by Crippen LogP contribution is 2.31. The van der Waals surface area contributed by atoms with Crippen molar-refractivity contribution in [1.29, 1.82) is 0 Å². The Kier molecular flexibility index (Phi) is 7.75. The second kappa shape index (κ2) is 9.10. The lowest BCUT2D eigenvalue weighted by molar-refractivity contribution is 0.268. The predicted molar refractivity (Wildman–Crippen MR) is 83.3 cm³/mol. The summed E-state index contributed by atoms with van der Waals surface area (Å²) in [6, 6.07) is 6.06. The van der Waals surface area contributed by atoms with Crippen LogP contribution in [0.25, 0.3) is 0 Å². The number of nitrogens with two attached hydrogens (primary N) is 1. The van der Waals surface area contributed by atoms with Crippen molar-refractivity contribution in [3.63, 3.8) is 0 Å². The maximum atomic E-state index is 6.14. The SMILES string of the molecule is CCCOc1ccc(C(N)CSC)cc1OCCC. The molecule has 1 rings (SSSR count). The van der Waals surface area contributed by atoms with Crippen LogP contribution in [0, 0.1) is 0 Å². The molecule has 1 aromatic carbocycles. The van der Waals surface area contributed by atoms with Gasteiger partial charge in [-0.3, -0.25) is 0 Å². The Morgan fingerprint density at radius 3 is 2.32 bits per heavy atom. The van der Waals surface area contributed by atoms with Gasteiger partial charge in [0.25, 0.3) is 0 Å². The Hall–Kier alpha value is -0.870. The van der Waals surface area contributed by atoms with E-state index >= 15 is 0 Å². The van der Waals surface area contributed by atoms with E-state index in [1.165, 1.54) is 0 Å². The third-order valence-electron chi connectivity index (χ3n) is 2.67. The lowest BCUT2D eigenvalue weighted by Crippen LogP contribution is -2.13. The number of ether oxygens (including phenoxy) is 2. The predicted octanol–water partition coefficient (Wildman–Crippen LogP) is 3.63. The summed E-state index contributed by atoms with van der Waals surface area (Å²) < 4.78 is 11.5. The van der Waals surface area contributed by atoms with E-state index in [1.807, 2.05) is 18.2 Å². The molecule has 4 heteroatoms. The van der Waals surface area contributed by atoms with Crippen LogP contribution < -0.4 is 15.2 Å². The van der Waals surface area contributed by atoms with Gasteiger partial charge in [0.05, 0.1) is 13.2 Å². The van der Waals surface area contributed by atoms with Gasteiger partial charge in [0.2, 0.25) is 0 Å². The minimum atomic E-state index is 0.0409. The fourth-order valence-electron chi connectivity index (χ4n) is 1.69. The van der Waals surface area contributed by atoms with Gasteiger partial charge in [-0.2, -0.15) is 11.8 Å². The van der Waals surface area contributed by atoms with Gasteiger partial charge in [-0.25, -0.2) is 0 Å². The summed E-state index contributed by atoms with van der Waals surface area (Å²) in [6.45, 7) is 5.59. The molecule has 0 aliphatic heterocycles. The van der Waals surface area contributed by atoms with Gasteiger partial charge in [0.15, 0.2) is 11.5 Å². The fourth-order valence-corrected chi connectivity index (χ4v) is 2.24. The molecule has 0 fully saturated rings. The van der Waals surface area contributed by atoms with E-state index in [9.17, 15) is 0 Å². The average Bonchev–Trinajstić information content (AvgIpc) is 2.43. The third kappa shape index (κ3) is 5.33. The Morgan fingerprint density at radius 2 is 1.74 bits per heavy atom. The van der Waals surface area contributed by atoms with Crippen LogP contribution in [0.1, 0.15) is 38.3 Å². The Labute approximate surface area is 120 Å². The standard InChI is InChI=1S/C15H25NO2S/c1-4-8-17-14-7-6-12(13(16)11-19-3)10-15(14)18-9-5-2/h6-7,10,13H,4-5,8-9,11,16H2,1-3H3. The van der Waals surface area contributed by atoms with Crippen LogP contribution in [0.4, 0.5) is 0 Å². The first-order chi connectivity index (χ1) is 9.22. The summed E-state index contributed by atoms with van der Waals surface area (Å²) in [5, 5.41) is 0. The first kappa shape index (κ1) is 16.2. The first-order valence-corrected chi connectivity index (χ1v) is 8.26. The molecule has 3 nitrogen and oxygen atoms in total. The van der Waals surface area contributed by atoms with E-state index in [4.69, 9.17) is 15.2 Å². The quantitative estimate of drug-likeness (QED) is 0.751. The molecule has 1 unspecified atom stereocenters. The number of benzene rings is 1. The van der Waals surface area contributed by atoms with Crippen molar-refractivity contribution in [3.8, 4) is 11.5 Å². The molecule has 1 atom stereocenters. The van der Waals surface area contributed by atoms with Crippen LogP contribution in [0.5, 0.6) is 11.5 Å². The van der Waals surface area contributed by atoms with E-state index in [1.54, 1.807) is 11.8 Å². The zero-order valence-corrected chi connectivity index (χ0v) is 13.0. The number of thioether (sulfide) groups is 1. The molecule has 0 radical (unpaired) electrons. The average molecular weight is 283 g/mol. The molecule has 0 saturated heterocycles. The van der Waals surface area contributed by atoms with Gasteiger partial charge in [-0.05, 0) is 36.8 Å². The summed E-state index contributed by atoms with van der Waals surface area (Å²) in [5.74, 6) is 2.53. The highest BCUT2D eigenvalue weighted by molar-refractivity contribution is 7.98. The van der Waals surface area contributed by atoms with Crippen LogP contribution >= 0.6 is 11.8 Å². The molecule has 0 saturated carbocycles. The molecule has 1 aromatic rings. The van der Waals surface area contributed by atoms with Gasteiger partial charge in [-0.15, -0.1) is 0 Å². The van der Waals surface area contributed by atoms with Gasteiger partial charge in [0, 0.05) is 11.8 Å². The van der Waals surface area contributed by atoms with Crippen molar-refractivity contribution >= 4 is 11.8 Å². The zero-order chi connectivity index (χ0) is 14.1. The number of rotatable bonds is 9. The summed E-state index contributed by atoms with van der Waals surface area (Å²) >= 11 is 1.75. The van der Waals surface area contributed by atoms with Gasteiger partial charge in [-0.1, -0.05) is 19.9 Å². The second-order valence-corrected chi connectivity index (χ2v) is 5.38. The van der Waals surface area contributed by atoms with Crippen LogP contribution in [-0.4, -0.2) is 25.2 Å². The lowest BCUT2D eigenvalue weighted by Gasteiger charge is -2.16. The molecular weight excluding hydrogens is 258 g/mol. The molecule has 19 heavy (non-hydrogen) atoms. The molecule has 0 aromatic heterocycles. The van der Waals surface area contributed by atoms with Crippen molar-refractivity contribution < 1.29 is 9.47 Å². The number of hydrogen-bond acceptors (Lipinski definition) is 4. The minimum Gasteiger partial charge on any atom is -0.490 e. The van der Waals surface area contributed by atoms with Crippen molar-refractivity contribution in [2.24, 2.45) is 5.73 Å². The molecule has 0 aliphatic rings. The molecule has 0 aliphatic carbocycles.